The molecule has 2 rings (SSSR count). The highest BCUT2D eigenvalue weighted by Crippen LogP contribution is 2.44. The zero-order valence-electron chi connectivity index (χ0n) is 7.81. The average Bonchev–Trinajstić information content (AvgIpc) is 2.33. The van der Waals surface area contributed by atoms with Crippen molar-refractivity contribution < 1.29 is 0 Å². The smallest absolute Gasteiger partial charge is 0.0137 e. The summed E-state index contributed by atoms with van der Waals surface area (Å²) in [6.45, 7) is 8.31. The fraction of sp³-hybridized carbons (Fsp3) is 0.667. The second-order valence-corrected chi connectivity index (χ2v) is 4.43. The molecule has 0 aromatic heterocycles. The van der Waals surface area contributed by atoms with Crippen LogP contribution in [0.2, 0.25) is 0 Å². The van der Waals surface area contributed by atoms with Crippen LogP contribution in [0, 0.1) is 11.8 Å². The number of hydrogen-bond acceptors (Lipinski definition) is 0. The first-order chi connectivity index (χ1) is 5.77. The quantitative estimate of drug-likeness (QED) is 0.476. The first-order valence-electron chi connectivity index (χ1n) is 5.11. The van der Waals surface area contributed by atoms with Gasteiger partial charge in [-0.05, 0) is 43.9 Å². The summed E-state index contributed by atoms with van der Waals surface area (Å²) in [7, 11) is 0. The van der Waals surface area contributed by atoms with Gasteiger partial charge >= 0.3 is 0 Å². The molecular weight excluding hydrogens is 144 g/mol. The molecule has 0 amide bonds. The van der Waals surface area contributed by atoms with Crippen LogP contribution in [0.15, 0.2) is 24.3 Å². The van der Waals surface area contributed by atoms with E-state index < -0.39 is 0 Å². The summed E-state index contributed by atoms with van der Waals surface area (Å²) in [6, 6.07) is 0. The Labute approximate surface area is 75.4 Å². The van der Waals surface area contributed by atoms with Crippen molar-refractivity contribution in [3.63, 3.8) is 0 Å². The normalized spacial score (nSPS) is 36.3. The summed E-state index contributed by atoms with van der Waals surface area (Å²) in [5, 5.41) is 0. The van der Waals surface area contributed by atoms with E-state index in [1.807, 2.05) is 0 Å². The lowest BCUT2D eigenvalue weighted by Crippen LogP contribution is -2.06. The van der Waals surface area contributed by atoms with E-state index >= 15 is 0 Å². The second-order valence-electron chi connectivity index (χ2n) is 4.43. The van der Waals surface area contributed by atoms with Crippen molar-refractivity contribution in [2.24, 2.45) is 11.8 Å². The maximum Gasteiger partial charge on any atom is -0.0137 e. The highest BCUT2D eigenvalue weighted by atomic mass is 14.4. The predicted octanol–water partition coefficient (Wildman–Crippen LogP) is 3.70. The predicted molar refractivity (Wildman–Crippen MR) is 53.0 cm³/mol. The second kappa shape index (κ2) is 3.08. The molecule has 0 aromatic carbocycles. The third-order valence-electron chi connectivity index (χ3n) is 3.48. The van der Waals surface area contributed by atoms with Crippen molar-refractivity contribution in [1.82, 2.24) is 0 Å². The van der Waals surface area contributed by atoms with Crippen LogP contribution >= 0.6 is 0 Å². The lowest BCUT2D eigenvalue weighted by Gasteiger charge is -2.16. The van der Waals surface area contributed by atoms with Gasteiger partial charge in [-0.3, -0.25) is 0 Å². The Morgan fingerprint density at radius 2 is 1.92 bits per heavy atom. The Kier molecular flexibility index (Phi) is 2.08. The minimum absolute atomic E-state index is 0.806. The molecule has 0 aliphatic heterocycles. The standard InChI is InChI=1S/C12H18/c1-9-7-11-6-4-3-5-10(2)12(11)8-9/h11-12H,1-8H2. The summed E-state index contributed by atoms with van der Waals surface area (Å²) in [4.78, 5) is 0. The van der Waals surface area contributed by atoms with Gasteiger partial charge in [-0.1, -0.05) is 30.7 Å². The van der Waals surface area contributed by atoms with E-state index in [1.165, 1.54) is 49.7 Å². The van der Waals surface area contributed by atoms with Gasteiger partial charge in [-0.2, -0.15) is 0 Å². The number of fused-ring (bicyclic) bond motifs is 1. The summed E-state index contributed by atoms with van der Waals surface area (Å²) < 4.78 is 0. The molecule has 0 radical (unpaired) electrons. The number of rotatable bonds is 0. The summed E-state index contributed by atoms with van der Waals surface area (Å²) in [6.07, 6.45) is 8.00. The van der Waals surface area contributed by atoms with Crippen molar-refractivity contribution in [1.29, 1.82) is 0 Å². The van der Waals surface area contributed by atoms with Gasteiger partial charge < -0.3 is 0 Å². The van der Waals surface area contributed by atoms with E-state index in [2.05, 4.69) is 13.2 Å². The first kappa shape index (κ1) is 8.10. The molecule has 12 heavy (non-hydrogen) atoms. The van der Waals surface area contributed by atoms with Gasteiger partial charge in [0, 0.05) is 0 Å². The summed E-state index contributed by atoms with van der Waals surface area (Å²) >= 11 is 0. The Morgan fingerprint density at radius 3 is 2.75 bits per heavy atom. The molecule has 2 fully saturated rings. The van der Waals surface area contributed by atoms with Gasteiger partial charge in [-0.15, -0.1) is 0 Å². The monoisotopic (exact) mass is 162 g/mol. The fourth-order valence-corrected chi connectivity index (χ4v) is 2.80. The highest BCUT2D eigenvalue weighted by molar-refractivity contribution is 5.17. The molecule has 0 bridgehead atoms. The molecule has 66 valence electrons. The van der Waals surface area contributed by atoms with Gasteiger partial charge in [-0.25, -0.2) is 0 Å². The largest absolute Gasteiger partial charge is 0.0998 e. The van der Waals surface area contributed by atoms with E-state index in [9.17, 15) is 0 Å². The molecule has 0 heterocycles. The minimum atomic E-state index is 0.806. The van der Waals surface area contributed by atoms with Crippen molar-refractivity contribution in [3.8, 4) is 0 Å². The van der Waals surface area contributed by atoms with Crippen molar-refractivity contribution >= 4 is 0 Å². The molecular formula is C12H18. The molecule has 2 aliphatic carbocycles. The summed E-state index contributed by atoms with van der Waals surface area (Å²) in [5.41, 5.74) is 2.98. The molecule has 2 atom stereocenters. The maximum atomic E-state index is 4.21. The lowest BCUT2D eigenvalue weighted by molar-refractivity contribution is 0.421. The Morgan fingerprint density at radius 1 is 1.08 bits per heavy atom. The first-order valence-corrected chi connectivity index (χ1v) is 5.11. The maximum absolute atomic E-state index is 4.21. The fourth-order valence-electron chi connectivity index (χ4n) is 2.80. The molecule has 0 spiro atoms. The minimum Gasteiger partial charge on any atom is -0.0998 e. The van der Waals surface area contributed by atoms with E-state index in [0.29, 0.717) is 0 Å². The van der Waals surface area contributed by atoms with Crippen LogP contribution in [0.3, 0.4) is 0 Å². The molecule has 0 saturated heterocycles. The van der Waals surface area contributed by atoms with Crippen LogP contribution in [0.4, 0.5) is 0 Å². The zero-order chi connectivity index (χ0) is 8.55. The third-order valence-corrected chi connectivity index (χ3v) is 3.48. The van der Waals surface area contributed by atoms with E-state index in [0.717, 1.165) is 11.8 Å². The van der Waals surface area contributed by atoms with Gasteiger partial charge in [0.1, 0.15) is 0 Å². The molecule has 0 heteroatoms. The van der Waals surface area contributed by atoms with E-state index in [4.69, 9.17) is 0 Å². The van der Waals surface area contributed by atoms with Crippen LogP contribution in [0.1, 0.15) is 38.5 Å². The van der Waals surface area contributed by atoms with Crippen LogP contribution in [-0.4, -0.2) is 0 Å². The number of allylic oxidation sites excluding steroid dienone is 2. The number of hydrogen-bond donors (Lipinski definition) is 0. The Balaban J connectivity index is 2.14. The van der Waals surface area contributed by atoms with Gasteiger partial charge in [0.25, 0.3) is 0 Å². The molecule has 2 aliphatic rings. The lowest BCUT2D eigenvalue weighted by atomic mass is 9.88. The molecule has 0 aromatic rings. The molecule has 2 unspecified atom stereocenters. The molecule has 0 N–H and O–H groups in total. The van der Waals surface area contributed by atoms with E-state index in [1.54, 1.807) is 0 Å². The van der Waals surface area contributed by atoms with Crippen molar-refractivity contribution in [2.75, 3.05) is 0 Å². The van der Waals surface area contributed by atoms with Crippen LogP contribution in [-0.2, 0) is 0 Å². The molecule has 0 nitrogen and oxygen atoms in total. The summed E-state index contributed by atoms with van der Waals surface area (Å²) in [5.74, 6) is 1.72. The van der Waals surface area contributed by atoms with Gasteiger partial charge in [0.15, 0.2) is 0 Å². The van der Waals surface area contributed by atoms with Gasteiger partial charge in [0.05, 0.1) is 0 Å². The topological polar surface area (TPSA) is 0 Å². The Bertz CT molecular complexity index is 212. The van der Waals surface area contributed by atoms with Crippen LogP contribution in [0.5, 0.6) is 0 Å². The molecule has 2 saturated carbocycles. The zero-order valence-corrected chi connectivity index (χ0v) is 7.81. The highest BCUT2D eigenvalue weighted by Gasteiger charge is 2.32. The van der Waals surface area contributed by atoms with Crippen molar-refractivity contribution in [2.45, 2.75) is 38.5 Å². The van der Waals surface area contributed by atoms with Crippen LogP contribution < -0.4 is 0 Å². The average molecular weight is 162 g/mol. The third kappa shape index (κ3) is 1.35. The Hall–Kier alpha value is -0.520. The van der Waals surface area contributed by atoms with E-state index in [-0.39, 0.29) is 0 Å². The van der Waals surface area contributed by atoms with Crippen LogP contribution in [0.25, 0.3) is 0 Å². The van der Waals surface area contributed by atoms with Gasteiger partial charge in [0.2, 0.25) is 0 Å². The SMILES string of the molecule is C=C1CC2CCCCC(=C)C2C1. The van der Waals surface area contributed by atoms with Crippen molar-refractivity contribution in [3.05, 3.63) is 24.3 Å².